The summed E-state index contributed by atoms with van der Waals surface area (Å²) in [6, 6.07) is 11.0. The molecule has 1 amide bonds. The van der Waals surface area contributed by atoms with Crippen molar-refractivity contribution in [2.45, 2.75) is 37.6 Å². The molecule has 4 heteroatoms. The second kappa shape index (κ2) is 6.69. The van der Waals surface area contributed by atoms with Gasteiger partial charge in [-0.15, -0.1) is 0 Å². The van der Waals surface area contributed by atoms with Crippen LogP contribution in [0.25, 0.3) is 0 Å². The van der Waals surface area contributed by atoms with Gasteiger partial charge in [-0.05, 0) is 37.2 Å². The first kappa shape index (κ1) is 14.7. The zero-order valence-corrected chi connectivity index (χ0v) is 12.9. The average Bonchev–Trinajstić information content (AvgIpc) is 2.62. The van der Waals surface area contributed by atoms with Gasteiger partial charge in [0.05, 0.1) is 6.20 Å². The van der Waals surface area contributed by atoms with Crippen molar-refractivity contribution in [1.82, 2.24) is 14.9 Å². The Morgan fingerprint density at radius 2 is 1.82 bits per heavy atom. The third kappa shape index (κ3) is 3.16. The van der Waals surface area contributed by atoms with E-state index in [4.69, 9.17) is 0 Å². The molecular formula is C18H21N3O. The Labute approximate surface area is 131 Å². The number of nitrogens with zero attached hydrogens (tertiary/aromatic N) is 3. The van der Waals surface area contributed by atoms with Gasteiger partial charge in [-0.2, -0.15) is 0 Å². The van der Waals surface area contributed by atoms with Crippen LogP contribution in [0.2, 0.25) is 0 Å². The Kier molecular flexibility index (Phi) is 4.47. The van der Waals surface area contributed by atoms with Crippen molar-refractivity contribution >= 4 is 5.91 Å². The zero-order chi connectivity index (χ0) is 15.4. The summed E-state index contributed by atoms with van der Waals surface area (Å²) in [6.45, 7) is 0. The Bertz CT molecular complexity index is 607. The standard InChI is InChI=1S/C18H21N3O/c1-21(18(22)17-13-19-11-12-20-17)16-9-7-15(8-10-16)14-5-3-2-4-6-14/h2-6,11-13,15-16H,7-10H2,1H3. The van der Waals surface area contributed by atoms with E-state index in [0.717, 1.165) is 25.7 Å². The topological polar surface area (TPSA) is 46.1 Å². The van der Waals surface area contributed by atoms with Gasteiger partial charge < -0.3 is 4.90 Å². The predicted molar refractivity (Wildman–Crippen MR) is 85.6 cm³/mol. The van der Waals surface area contributed by atoms with Crippen molar-refractivity contribution in [1.29, 1.82) is 0 Å². The molecule has 1 aliphatic rings. The van der Waals surface area contributed by atoms with Gasteiger partial charge in [-0.3, -0.25) is 9.78 Å². The molecule has 1 fully saturated rings. The minimum absolute atomic E-state index is 0.0312. The lowest BCUT2D eigenvalue weighted by Gasteiger charge is -2.34. The number of hydrogen-bond acceptors (Lipinski definition) is 3. The van der Waals surface area contributed by atoms with Gasteiger partial charge in [-0.25, -0.2) is 4.98 Å². The van der Waals surface area contributed by atoms with Crippen molar-refractivity contribution in [2.24, 2.45) is 0 Å². The highest BCUT2D eigenvalue weighted by Crippen LogP contribution is 2.34. The van der Waals surface area contributed by atoms with Gasteiger partial charge in [0.1, 0.15) is 5.69 Å². The number of amides is 1. The van der Waals surface area contributed by atoms with Crippen LogP contribution in [0.15, 0.2) is 48.9 Å². The van der Waals surface area contributed by atoms with Crippen LogP contribution in [-0.4, -0.2) is 33.9 Å². The number of carbonyl (C=O) groups excluding carboxylic acids is 1. The Morgan fingerprint density at radius 1 is 1.09 bits per heavy atom. The third-order valence-electron chi connectivity index (χ3n) is 4.62. The van der Waals surface area contributed by atoms with Gasteiger partial charge in [0.2, 0.25) is 0 Å². The molecule has 0 spiro atoms. The van der Waals surface area contributed by atoms with Gasteiger partial charge in [0.15, 0.2) is 0 Å². The molecule has 0 N–H and O–H groups in total. The van der Waals surface area contributed by atoms with E-state index in [2.05, 4.69) is 40.3 Å². The molecular weight excluding hydrogens is 274 g/mol. The van der Waals surface area contributed by atoms with E-state index < -0.39 is 0 Å². The van der Waals surface area contributed by atoms with Crippen molar-refractivity contribution in [3.05, 3.63) is 60.2 Å². The Morgan fingerprint density at radius 3 is 2.45 bits per heavy atom. The molecule has 1 heterocycles. The molecule has 1 aromatic heterocycles. The summed E-state index contributed by atoms with van der Waals surface area (Å²) in [7, 11) is 1.88. The van der Waals surface area contributed by atoms with Crippen molar-refractivity contribution in [2.75, 3.05) is 7.05 Å². The fourth-order valence-electron chi connectivity index (χ4n) is 3.28. The van der Waals surface area contributed by atoms with Crippen LogP contribution in [0.1, 0.15) is 47.7 Å². The summed E-state index contributed by atoms with van der Waals surface area (Å²) in [5.41, 5.74) is 1.85. The Balaban J connectivity index is 1.60. The molecule has 0 atom stereocenters. The molecule has 4 nitrogen and oxygen atoms in total. The number of hydrogen-bond donors (Lipinski definition) is 0. The summed E-state index contributed by atoms with van der Waals surface area (Å²) < 4.78 is 0. The van der Waals surface area contributed by atoms with Crippen LogP contribution in [0.5, 0.6) is 0 Å². The van der Waals surface area contributed by atoms with Crippen LogP contribution < -0.4 is 0 Å². The van der Waals surface area contributed by atoms with E-state index in [1.54, 1.807) is 12.4 Å². The summed E-state index contributed by atoms with van der Waals surface area (Å²) in [4.78, 5) is 22.3. The van der Waals surface area contributed by atoms with E-state index in [9.17, 15) is 4.79 Å². The highest BCUT2D eigenvalue weighted by molar-refractivity contribution is 5.91. The molecule has 0 unspecified atom stereocenters. The Hall–Kier alpha value is -2.23. The molecule has 1 aliphatic carbocycles. The van der Waals surface area contributed by atoms with Gasteiger partial charge in [-0.1, -0.05) is 30.3 Å². The van der Waals surface area contributed by atoms with E-state index >= 15 is 0 Å². The van der Waals surface area contributed by atoms with Crippen molar-refractivity contribution < 1.29 is 4.79 Å². The van der Waals surface area contributed by atoms with Gasteiger partial charge in [0.25, 0.3) is 5.91 Å². The van der Waals surface area contributed by atoms with Crippen molar-refractivity contribution in [3.8, 4) is 0 Å². The maximum absolute atomic E-state index is 12.4. The van der Waals surface area contributed by atoms with Gasteiger partial charge in [0, 0.05) is 25.5 Å². The maximum atomic E-state index is 12.4. The van der Waals surface area contributed by atoms with Crippen LogP contribution in [-0.2, 0) is 0 Å². The minimum Gasteiger partial charge on any atom is -0.337 e. The largest absolute Gasteiger partial charge is 0.337 e. The molecule has 3 rings (SSSR count). The smallest absolute Gasteiger partial charge is 0.274 e. The molecule has 1 saturated carbocycles. The fraction of sp³-hybridized carbons (Fsp3) is 0.389. The first-order valence-corrected chi connectivity index (χ1v) is 7.84. The monoisotopic (exact) mass is 295 g/mol. The lowest BCUT2D eigenvalue weighted by molar-refractivity contribution is 0.0683. The van der Waals surface area contributed by atoms with Crippen LogP contribution in [0.3, 0.4) is 0 Å². The highest BCUT2D eigenvalue weighted by atomic mass is 16.2. The molecule has 0 radical (unpaired) electrons. The summed E-state index contributed by atoms with van der Waals surface area (Å²) in [5, 5.41) is 0. The zero-order valence-electron chi connectivity index (χ0n) is 12.9. The van der Waals surface area contributed by atoms with E-state index in [1.807, 2.05) is 11.9 Å². The molecule has 0 aliphatic heterocycles. The molecule has 114 valence electrons. The number of aromatic nitrogens is 2. The number of benzene rings is 1. The van der Waals surface area contributed by atoms with E-state index in [-0.39, 0.29) is 5.91 Å². The van der Waals surface area contributed by atoms with Crippen LogP contribution in [0.4, 0.5) is 0 Å². The number of carbonyl (C=O) groups is 1. The second-order valence-corrected chi connectivity index (χ2v) is 5.92. The first-order chi connectivity index (χ1) is 10.8. The predicted octanol–water partition coefficient (Wildman–Crippen LogP) is 3.28. The van der Waals surface area contributed by atoms with Crippen LogP contribution >= 0.6 is 0 Å². The van der Waals surface area contributed by atoms with Crippen molar-refractivity contribution in [3.63, 3.8) is 0 Å². The van der Waals surface area contributed by atoms with Gasteiger partial charge >= 0.3 is 0 Å². The normalized spacial score (nSPS) is 21.3. The van der Waals surface area contributed by atoms with E-state index in [1.165, 1.54) is 11.8 Å². The second-order valence-electron chi connectivity index (χ2n) is 5.92. The molecule has 0 saturated heterocycles. The minimum atomic E-state index is -0.0312. The summed E-state index contributed by atoms with van der Waals surface area (Å²) in [6.07, 6.45) is 9.04. The average molecular weight is 295 g/mol. The third-order valence-corrected chi connectivity index (χ3v) is 4.62. The van der Waals surface area contributed by atoms with Crippen LogP contribution in [0, 0.1) is 0 Å². The quantitative estimate of drug-likeness (QED) is 0.873. The summed E-state index contributed by atoms with van der Waals surface area (Å²) in [5.74, 6) is 0.591. The van der Waals surface area contributed by atoms with E-state index in [0.29, 0.717) is 17.7 Å². The highest BCUT2D eigenvalue weighted by Gasteiger charge is 2.28. The number of rotatable bonds is 3. The molecule has 22 heavy (non-hydrogen) atoms. The molecule has 2 aromatic rings. The maximum Gasteiger partial charge on any atom is 0.274 e. The lowest BCUT2D eigenvalue weighted by atomic mass is 9.81. The summed E-state index contributed by atoms with van der Waals surface area (Å²) >= 11 is 0. The SMILES string of the molecule is CN(C(=O)c1cnccn1)C1CCC(c2ccccc2)CC1. The lowest BCUT2D eigenvalue weighted by Crippen LogP contribution is -2.39. The first-order valence-electron chi connectivity index (χ1n) is 7.84. The molecule has 1 aromatic carbocycles. The molecule has 0 bridgehead atoms. The fourth-order valence-corrected chi connectivity index (χ4v) is 3.28.